The molecular weight excluding hydrogens is 335 g/mol. The van der Waals surface area contributed by atoms with Crippen LogP contribution >= 0.6 is 23.2 Å². The molecular formula is C17H16Cl2N2O2. The summed E-state index contributed by atoms with van der Waals surface area (Å²) in [6.07, 6.45) is 0. The number of ether oxygens (including phenoxy) is 1. The predicted molar refractivity (Wildman–Crippen MR) is 93.8 cm³/mol. The number of nitrogens with one attached hydrogen (secondary N) is 1. The van der Waals surface area contributed by atoms with Crippen LogP contribution in [-0.2, 0) is 0 Å². The number of hydrazone groups is 1. The van der Waals surface area contributed by atoms with Gasteiger partial charge in [-0.15, -0.1) is 0 Å². The Hall–Kier alpha value is -2.04. The molecule has 6 heteroatoms. The molecule has 1 N–H and O–H groups in total. The monoisotopic (exact) mass is 350 g/mol. The molecule has 0 bridgehead atoms. The number of hydrogen-bond acceptors (Lipinski definition) is 3. The highest BCUT2D eigenvalue weighted by molar-refractivity contribution is 6.42. The summed E-state index contributed by atoms with van der Waals surface area (Å²) < 4.78 is 5.33. The van der Waals surface area contributed by atoms with E-state index in [4.69, 9.17) is 27.9 Å². The van der Waals surface area contributed by atoms with Gasteiger partial charge in [0.25, 0.3) is 5.91 Å². The highest BCUT2D eigenvalue weighted by Gasteiger charge is 2.06. The van der Waals surface area contributed by atoms with Gasteiger partial charge in [-0.2, -0.15) is 5.10 Å². The molecule has 0 spiro atoms. The maximum absolute atomic E-state index is 12.1. The van der Waals surface area contributed by atoms with E-state index in [-0.39, 0.29) is 5.91 Å². The van der Waals surface area contributed by atoms with Crippen LogP contribution in [0, 0.1) is 0 Å². The van der Waals surface area contributed by atoms with E-state index in [1.54, 1.807) is 49.4 Å². The predicted octanol–water partition coefficient (Wildman–Crippen LogP) is 4.55. The number of hydrogen-bond donors (Lipinski definition) is 1. The van der Waals surface area contributed by atoms with Crippen molar-refractivity contribution < 1.29 is 9.53 Å². The minimum absolute atomic E-state index is 0.299. The molecule has 120 valence electrons. The molecule has 0 fully saturated rings. The van der Waals surface area contributed by atoms with E-state index < -0.39 is 0 Å². The minimum Gasteiger partial charge on any atom is -0.494 e. The average Bonchev–Trinajstić information content (AvgIpc) is 2.56. The molecule has 0 heterocycles. The number of nitrogens with zero attached hydrogens (tertiary/aromatic N) is 1. The van der Waals surface area contributed by atoms with E-state index >= 15 is 0 Å². The first-order chi connectivity index (χ1) is 11.0. The van der Waals surface area contributed by atoms with E-state index in [1.807, 2.05) is 6.92 Å². The Balaban J connectivity index is 2.05. The lowest BCUT2D eigenvalue weighted by molar-refractivity contribution is 0.0955. The van der Waals surface area contributed by atoms with E-state index in [9.17, 15) is 4.79 Å². The molecule has 0 saturated heterocycles. The molecule has 0 radical (unpaired) electrons. The number of halogens is 2. The molecule has 1 amide bonds. The molecule has 0 saturated carbocycles. The molecule has 23 heavy (non-hydrogen) atoms. The van der Waals surface area contributed by atoms with Crippen LogP contribution < -0.4 is 10.2 Å². The molecule has 2 aromatic carbocycles. The molecule has 0 aliphatic rings. The lowest BCUT2D eigenvalue weighted by Crippen LogP contribution is -2.19. The summed E-state index contributed by atoms with van der Waals surface area (Å²) in [5.74, 6) is 0.423. The lowest BCUT2D eigenvalue weighted by atomic mass is 10.1. The third kappa shape index (κ3) is 4.71. The summed E-state index contributed by atoms with van der Waals surface area (Å²) >= 11 is 11.8. The zero-order valence-corrected chi connectivity index (χ0v) is 14.3. The zero-order chi connectivity index (χ0) is 16.8. The molecule has 0 aromatic heterocycles. The molecule has 0 aliphatic heterocycles. The van der Waals surface area contributed by atoms with Gasteiger partial charge in [0.05, 0.1) is 22.4 Å². The van der Waals surface area contributed by atoms with Crippen molar-refractivity contribution in [2.24, 2.45) is 5.10 Å². The number of benzene rings is 2. The van der Waals surface area contributed by atoms with Crippen molar-refractivity contribution in [1.29, 1.82) is 0 Å². The van der Waals surface area contributed by atoms with Gasteiger partial charge in [0.15, 0.2) is 0 Å². The van der Waals surface area contributed by atoms with Crippen LogP contribution in [0.2, 0.25) is 10.0 Å². The van der Waals surface area contributed by atoms with Crippen molar-refractivity contribution in [2.75, 3.05) is 6.61 Å². The molecule has 0 atom stereocenters. The van der Waals surface area contributed by atoms with Crippen LogP contribution in [0.15, 0.2) is 47.6 Å². The highest BCUT2D eigenvalue weighted by Crippen LogP contribution is 2.22. The first-order valence-corrected chi connectivity index (χ1v) is 7.79. The van der Waals surface area contributed by atoms with Gasteiger partial charge in [-0.05, 0) is 55.8 Å². The number of carbonyl (C=O) groups excluding carboxylic acids is 1. The zero-order valence-electron chi connectivity index (χ0n) is 12.8. The van der Waals surface area contributed by atoms with E-state index in [1.165, 1.54) is 0 Å². The maximum Gasteiger partial charge on any atom is 0.271 e. The minimum atomic E-state index is -0.299. The fourth-order valence-electron chi connectivity index (χ4n) is 1.85. The first-order valence-electron chi connectivity index (χ1n) is 7.04. The lowest BCUT2D eigenvalue weighted by Gasteiger charge is -2.06. The van der Waals surface area contributed by atoms with Crippen LogP contribution in [0.5, 0.6) is 5.75 Å². The van der Waals surface area contributed by atoms with E-state index in [2.05, 4.69) is 10.5 Å². The van der Waals surface area contributed by atoms with Gasteiger partial charge in [-0.1, -0.05) is 29.3 Å². The van der Waals surface area contributed by atoms with Crippen molar-refractivity contribution in [3.8, 4) is 5.75 Å². The van der Waals surface area contributed by atoms with Gasteiger partial charge >= 0.3 is 0 Å². The summed E-state index contributed by atoms with van der Waals surface area (Å²) in [5, 5.41) is 5.00. The second-order valence-electron chi connectivity index (χ2n) is 4.72. The van der Waals surface area contributed by atoms with E-state index in [0.29, 0.717) is 27.9 Å². The number of amides is 1. The molecule has 4 nitrogen and oxygen atoms in total. The number of rotatable bonds is 5. The second-order valence-corrected chi connectivity index (χ2v) is 5.54. The van der Waals surface area contributed by atoms with Crippen molar-refractivity contribution in [3.05, 3.63) is 63.6 Å². The van der Waals surface area contributed by atoms with Crippen molar-refractivity contribution in [1.82, 2.24) is 5.43 Å². The van der Waals surface area contributed by atoms with Crippen molar-refractivity contribution in [3.63, 3.8) is 0 Å². The third-order valence-corrected chi connectivity index (χ3v) is 3.83. The summed E-state index contributed by atoms with van der Waals surface area (Å²) in [7, 11) is 0. The van der Waals surface area contributed by atoms with Gasteiger partial charge in [0.2, 0.25) is 0 Å². The Morgan fingerprint density at radius 2 is 1.74 bits per heavy atom. The SMILES string of the molecule is CCOc1ccc(C(=O)N/N=C(\C)c2ccc(Cl)c(Cl)c2)cc1. The van der Waals surface area contributed by atoms with Crippen LogP contribution in [-0.4, -0.2) is 18.2 Å². The van der Waals surface area contributed by atoms with Gasteiger partial charge in [0, 0.05) is 5.56 Å². The van der Waals surface area contributed by atoms with Crippen LogP contribution in [0.3, 0.4) is 0 Å². The summed E-state index contributed by atoms with van der Waals surface area (Å²) in [6, 6.07) is 12.0. The molecule has 2 rings (SSSR count). The first kappa shape index (κ1) is 17.3. The normalized spacial score (nSPS) is 11.2. The highest BCUT2D eigenvalue weighted by atomic mass is 35.5. The van der Waals surface area contributed by atoms with Crippen LogP contribution in [0.1, 0.15) is 29.8 Å². The van der Waals surface area contributed by atoms with Crippen LogP contribution in [0.25, 0.3) is 0 Å². The molecule has 0 aliphatic carbocycles. The largest absolute Gasteiger partial charge is 0.494 e. The Morgan fingerprint density at radius 3 is 2.35 bits per heavy atom. The third-order valence-electron chi connectivity index (χ3n) is 3.09. The maximum atomic E-state index is 12.1. The topological polar surface area (TPSA) is 50.7 Å². The van der Waals surface area contributed by atoms with Gasteiger partial charge in [-0.25, -0.2) is 5.43 Å². The van der Waals surface area contributed by atoms with Crippen molar-refractivity contribution in [2.45, 2.75) is 13.8 Å². The smallest absolute Gasteiger partial charge is 0.271 e. The van der Waals surface area contributed by atoms with E-state index in [0.717, 1.165) is 11.3 Å². The number of carbonyl (C=O) groups is 1. The second kappa shape index (κ2) is 7.99. The summed E-state index contributed by atoms with van der Waals surface area (Å²) in [6.45, 7) is 4.26. The molecule has 2 aromatic rings. The summed E-state index contributed by atoms with van der Waals surface area (Å²) in [4.78, 5) is 12.1. The van der Waals surface area contributed by atoms with Crippen LogP contribution in [0.4, 0.5) is 0 Å². The Kier molecular flexibility index (Phi) is 6.02. The quantitative estimate of drug-likeness (QED) is 0.635. The van der Waals surface area contributed by atoms with Gasteiger partial charge < -0.3 is 4.74 Å². The fourth-order valence-corrected chi connectivity index (χ4v) is 2.15. The average molecular weight is 351 g/mol. The Bertz CT molecular complexity index is 728. The Morgan fingerprint density at radius 1 is 1.09 bits per heavy atom. The standard InChI is InChI=1S/C17H16Cl2N2O2/c1-3-23-14-7-4-12(5-8-14)17(22)21-20-11(2)13-6-9-15(18)16(19)10-13/h4-10H,3H2,1-2H3,(H,21,22)/b20-11+. The molecule has 0 unspecified atom stereocenters. The Labute approximate surface area is 145 Å². The summed E-state index contributed by atoms with van der Waals surface area (Å²) in [5.41, 5.74) is 4.43. The fraction of sp³-hybridized carbons (Fsp3) is 0.176. The van der Waals surface area contributed by atoms with Gasteiger partial charge in [-0.3, -0.25) is 4.79 Å². The van der Waals surface area contributed by atoms with Gasteiger partial charge in [0.1, 0.15) is 5.75 Å². The van der Waals surface area contributed by atoms with Crippen molar-refractivity contribution >= 4 is 34.8 Å².